The molecule has 0 spiro atoms. The highest BCUT2D eigenvalue weighted by atomic mass is 127. The first-order valence-electron chi connectivity index (χ1n) is 7.51. The molecule has 0 bridgehead atoms. The van der Waals surface area contributed by atoms with Gasteiger partial charge >= 0.3 is 0 Å². The molecule has 0 aliphatic rings. The minimum absolute atomic E-state index is 0. The Hall–Kier alpha value is -0.820. The lowest BCUT2D eigenvalue weighted by Crippen LogP contribution is -2.48. The van der Waals surface area contributed by atoms with Gasteiger partial charge in [-0.25, -0.2) is 0 Å². The van der Waals surface area contributed by atoms with E-state index >= 15 is 0 Å². The SMILES string of the molecule is CN=C(NCC(C)COCc1ccccc1)NC(C)(C)C.I. The molecule has 1 rings (SSSR count). The molecule has 126 valence electrons. The molecule has 1 atom stereocenters. The Balaban J connectivity index is 0.00000441. The zero-order chi connectivity index (χ0) is 15.7. The molecular weight excluding hydrogens is 389 g/mol. The molecule has 0 radical (unpaired) electrons. The lowest BCUT2D eigenvalue weighted by molar-refractivity contribution is 0.0931. The normalized spacial score (nSPS) is 13.2. The topological polar surface area (TPSA) is 45.7 Å². The van der Waals surface area contributed by atoms with Gasteiger partial charge in [-0.15, -0.1) is 24.0 Å². The second kappa shape index (κ2) is 10.8. The van der Waals surface area contributed by atoms with E-state index in [2.05, 4.69) is 55.5 Å². The molecule has 1 unspecified atom stereocenters. The van der Waals surface area contributed by atoms with Crippen molar-refractivity contribution in [2.75, 3.05) is 20.2 Å². The summed E-state index contributed by atoms with van der Waals surface area (Å²) in [6.45, 7) is 10.8. The van der Waals surface area contributed by atoms with Crippen LogP contribution in [0, 0.1) is 5.92 Å². The summed E-state index contributed by atoms with van der Waals surface area (Å²) in [6.07, 6.45) is 0. The van der Waals surface area contributed by atoms with E-state index in [-0.39, 0.29) is 29.5 Å². The summed E-state index contributed by atoms with van der Waals surface area (Å²) in [6, 6.07) is 10.2. The van der Waals surface area contributed by atoms with Crippen molar-refractivity contribution in [3.63, 3.8) is 0 Å². The fraction of sp³-hybridized carbons (Fsp3) is 0.588. The third-order valence-electron chi connectivity index (χ3n) is 2.85. The lowest BCUT2D eigenvalue weighted by atomic mass is 10.1. The van der Waals surface area contributed by atoms with Crippen LogP contribution in [0.2, 0.25) is 0 Å². The Kier molecular flexibility index (Phi) is 10.4. The Morgan fingerprint density at radius 1 is 1.23 bits per heavy atom. The molecule has 1 aromatic carbocycles. The number of benzene rings is 1. The highest BCUT2D eigenvalue weighted by molar-refractivity contribution is 14.0. The van der Waals surface area contributed by atoms with E-state index in [1.807, 2.05) is 18.2 Å². The maximum Gasteiger partial charge on any atom is 0.191 e. The highest BCUT2D eigenvalue weighted by Gasteiger charge is 2.12. The van der Waals surface area contributed by atoms with Crippen LogP contribution in [-0.4, -0.2) is 31.7 Å². The van der Waals surface area contributed by atoms with Gasteiger partial charge in [0.2, 0.25) is 0 Å². The van der Waals surface area contributed by atoms with E-state index in [4.69, 9.17) is 4.74 Å². The number of hydrogen-bond acceptors (Lipinski definition) is 2. The molecular formula is C17H30IN3O. The minimum Gasteiger partial charge on any atom is -0.376 e. The number of hydrogen-bond donors (Lipinski definition) is 2. The Labute approximate surface area is 152 Å². The summed E-state index contributed by atoms with van der Waals surface area (Å²) >= 11 is 0. The van der Waals surface area contributed by atoms with Gasteiger partial charge in [-0.2, -0.15) is 0 Å². The van der Waals surface area contributed by atoms with Crippen molar-refractivity contribution < 1.29 is 4.74 Å². The summed E-state index contributed by atoms with van der Waals surface area (Å²) in [5.41, 5.74) is 1.22. The van der Waals surface area contributed by atoms with Gasteiger partial charge in [0.15, 0.2) is 5.96 Å². The van der Waals surface area contributed by atoms with Crippen LogP contribution < -0.4 is 10.6 Å². The number of aliphatic imine (C=N–C) groups is 1. The summed E-state index contributed by atoms with van der Waals surface area (Å²) in [5, 5.41) is 6.67. The molecule has 2 N–H and O–H groups in total. The predicted octanol–water partition coefficient (Wildman–Crippen LogP) is 3.42. The van der Waals surface area contributed by atoms with Crippen LogP contribution in [0.3, 0.4) is 0 Å². The molecule has 22 heavy (non-hydrogen) atoms. The van der Waals surface area contributed by atoms with E-state index in [0.29, 0.717) is 12.5 Å². The molecule has 0 aliphatic carbocycles. The zero-order valence-electron chi connectivity index (χ0n) is 14.3. The first-order valence-corrected chi connectivity index (χ1v) is 7.51. The van der Waals surface area contributed by atoms with Gasteiger partial charge in [0.25, 0.3) is 0 Å². The van der Waals surface area contributed by atoms with Crippen LogP contribution >= 0.6 is 24.0 Å². The third-order valence-corrected chi connectivity index (χ3v) is 2.85. The first kappa shape index (κ1) is 21.2. The molecule has 5 heteroatoms. The van der Waals surface area contributed by atoms with Gasteiger partial charge in [-0.1, -0.05) is 37.3 Å². The van der Waals surface area contributed by atoms with Crippen LogP contribution in [0.15, 0.2) is 35.3 Å². The smallest absolute Gasteiger partial charge is 0.191 e. The standard InChI is InChI=1S/C17H29N3O.HI/c1-14(11-19-16(18-5)20-17(2,3)4)12-21-13-15-9-7-6-8-10-15;/h6-10,14H,11-13H2,1-5H3,(H2,18,19,20);1H. The number of halogens is 1. The van der Waals surface area contributed by atoms with E-state index in [9.17, 15) is 0 Å². The van der Waals surface area contributed by atoms with E-state index in [1.54, 1.807) is 7.05 Å². The van der Waals surface area contributed by atoms with Gasteiger partial charge in [0.05, 0.1) is 13.2 Å². The molecule has 1 aromatic rings. The molecule has 4 nitrogen and oxygen atoms in total. The van der Waals surface area contributed by atoms with Crippen LogP contribution in [0.25, 0.3) is 0 Å². The minimum atomic E-state index is 0. The second-order valence-electron chi connectivity index (χ2n) is 6.43. The monoisotopic (exact) mass is 419 g/mol. The highest BCUT2D eigenvalue weighted by Crippen LogP contribution is 2.03. The van der Waals surface area contributed by atoms with Crippen LogP contribution in [0.5, 0.6) is 0 Å². The van der Waals surface area contributed by atoms with Crippen molar-refractivity contribution in [2.45, 2.75) is 39.8 Å². The number of nitrogens with zero attached hydrogens (tertiary/aromatic N) is 1. The van der Waals surface area contributed by atoms with Gasteiger partial charge in [0.1, 0.15) is 0 Å². The van der Waals surface area contributed by atoms with Crippen LogP contribution in [0.1, 0.15) is 33.3 Å². The van der Waals surface area contributed by atoms with Crippen LogP contribution in [0.4, 0.5) is 0 Å². The Morgan fingerprint density at radius 3 is 2.41 bits per heavy atom. The lowest BCUT2D eigenvalue weighted by Gasteiger charge is -2.24. The van der Waals surface area contributed by atoms with Crippen molar-refractivity contribution in [3.05, 3.63) is 35.9 Å². The van der Waals surface area contributed by atoms with Gasteiger partial charge in [-0.3, -0.25) is 4.99 Å². The number of nitrogens with one attached hydrogen (secondary N) is 2. The third kappa shape index (κ3) is 10.00. The summed E-state index contributed by atoms with van der Waals surface area (Å²) in [4.78, 5) is 4.23. The summed E-state index contributed by atoms with van der Waals surface area (Å²) < 4.78 is 5.75. The summed E-state index contributed by atoms with van der Waals surface area (Å²) in [7, 11) is 1.79. The Bertz CT molecular complexity index is 429. The largest absolute Gasteiger partial charge is 0.376 e. The molecule has 0 saturated carbocycles. The molecule has 0 saturated heterocycles. The average molecular weight is 419 g/mol. The molecule has 0 amide bonds. The number of rotatable bonds is 6. The zero-order valence-corrected chi connectivity index (χ0v) is 16.7. The maximum absolute atomic E-state index is 5.75. The van der Waals surface area contributed by atoms with Gasteiger partial charge in [-0.05, 0) is 32.3 Å². The molecule has 0 fully saturated rings. The van der Waals surface area contributed by atoms with Crippen molar-refractivity contribution in [3.8, 4) is 0 Å². The first-order chi connectivity index (χ1) is 9.90. The van der Waals surface area contributed by atoms with Gasteiger partial charge < -0.3 is 15.4 Å². The van der Waals surface area contributed by atoms with Crippen molar-refractivity contribution in [1.29, 1.82) is 0 Å². The fourth-order valence-electron chi connectivity index (χ4n) is 1.82. The quantitative estimate of drug-likeness (QED) is 0.422. The number of guanidine groups is 1. The van der Waals surface area contributed by atoms with Crippen molar-refractivity contribution in [1.82, 2.24) is 10.6 Å². The van der Waals surface area contributed by atoms with Gasteiger partial charge in [0, 0.05) is 19.1 Å². The van der Waals surface area contributed by atoms with E-state index in [1.165, 1.54) is 5.56 Å². The fourth-order valence-corrected chi connectivity index (χ4v) is 1.82. The molecule has 0 heterocycles. The van der Waals surface area contributed by atoms with E-state index < -0.39 is 0 Å². The van der Waals surface area contributed by atoms with Crippen molar-refractivity contribution >= 4 is 29.9 Å². The second-order valence-corrected chi connectivity index (χ2v) is 6.43. The van der Waals surface area contributed by atoms with Crippen molar-refractivity contribution in [2.24, 2.45) is 10.9 Å². The predicted molar refractivity (Wildman–Crippen MR) is 105 cm³/mol. The maximum atomic E-state index is 5.75. The van der Waals surface area contributed by atoms with E-state index in [0.717, 1.165) is 19.1 Å². The number of ether oxygens (including phenoxy) is 1. The average Bonchev–Trinajstić information content (AvgIpc) is 2.43. The molecule has 0 aliphatic heterocycles. The molecule has 0 aromatic heterocycles. The Morgan fingerprint density at radius 2 is 1.86 bits per heavy atom. The van der Waals surface area contributed by atoms with Crippen LogP contribution in [-0.2, 0) is 11.3 Å². The summed E-state index contributed by atoms with van der Waals surface area (Å²) in [5.74, 6) is 1.25.